The average Bonchev–Trinajstić information content (AvgIpc) is 2.92. The highest BCUT2D eigenvalue weighted by atomic mass is 35.5. The van der Waals surface area contributed by atoms with Crippen LogP contribution < -0.4 is 0 Å². The summed E-state index contributed by atoms with van der Waals surface area (Å²) in [6.45, 7) is 0. The first-order chi connectivity index (χ1) is 11.1. The van der Waals surface area contributed by atoms with Gasteiger partial charge in [0.2, 0.25) is 0 Å². The van der Waals surface area contributed by atoms with Crippen LogP contribution in [0.25, 0.3) is 16.9 Å². The Morgan fingerprint density at radius 3 is 2.48 bits per heavy atom. The number of hydrogen-bond acceptors (Lipinski definition) is 3. The van der Waals surface area contributed by atoms with Crippen LogP contribution in [0.2, 0.25) is 10.0 Å². The molecule has 0 saturated heterocycles. The van der Waals surface area contributed by atoms with Gasteiger partial charge in [0.05, 0.1) is 18.5 Å². The predicted octanol–water partition coefficient (Wildman–Crippen LogP) is 4.63. The van der Waals surface area contributed by atoms with E-state index in [-0.39, 0.29) is 10.7 Å². The molecule has 1 aromatic heterocycles. The highest BCUT2D eigenvalue weighted by Crippen LogP contribution is 2.34. The molecule has 0 saturated carbocycles. The van der Waals surface area contributed by atoms with Crippen LogP contribution in [-0.2, 0) is 4.74 Å². The number of methoxy groups -OCH3 is 1. The molecule has 0 atom stereocenters. The molecule has 1 heterocycles. The molecule has 116 valence electrons. The molecule has 0 amide bonds. The monoisotopic (exact) mass is 346 g/mol. The van der Waals surface area contributed by atoms with Crippen molar-refractivity contribution in [2.75, 3.05) is 7.11 Å². The maximum Gasteiger partial charge on any atom is 0.360 e. The molecule has 2 aromatic carbocycles. The minimum absolute atomic E-state index is 0.0630. The Bertz CT molecular complexity index is 860. The normalized spacial score (nSPS) is 10.6. The molecule has 0 aliphatic carbocycles. The summed E-state index contributed by atoms with van der Waals surface area (Å²) >= 11 is 12.5. The van der Waals surface area contributed by atoms with E-state index in [4.69, 9.17) is 27.9 Å². The van der Waals surface area contributed by atoms with Crippen molar-refractivity contribution in [3.63, 3.8) is 0 Å². The Kier molecular flexibility index (Phi) is 4.37. The van der Waals surface area contributed by atoms with Crippen molar-refractivity contribution in [2.24, 2.45) is 0 Å². The molecule has 23 heavy (non-hydrogen) atoms. The number of halogens is 2. The van der Waals surface area contributed by atoms with Gasteiger partial charge in [0.1, 0.15) is 5.02 Å². The third-order valence-electron chi connectivity index (χ3n) is 3.31. The van der Waals surface area contributed by atoms with Crippen molar-refractivity contribution in [2.45, 2.75) is 0 Å². The van der Waals surface area contributed by atoms with Crippen LogP contribution >= 0.6 is 23.2 Å². The van der Waals surface area contributed by atoms with Gasteiger partial charge in [0.15, 0.2) is 5.69 Å². The Labute approximate surface area is 143 Å². The van der Waals surface area contributed by atoms with Crippen molar-refractivity contribution in [1.29, 1.82) is 0 Å². The fourth-order valence-corrected chi connectivity index (χ4v) is 2.76. The van der Waals surface area contributed by atoms with Gasteiger partial charge in [-0.25, -0.2) is 9.48 Å². The van der Waals surface area contributed by atoms with Crippen molar-refractivity contribution in [1.82, 2.24) is 9.78 Å². The quantitative estimate of drug-likeness (QED) is 0.649. The summed E-state index contributed by atoms with van der Waals surface area (Å²) in [5.74, 6) is -0.590. The highest BCUT2D eigenvalue weighted by Gasteiger charge is 2.24. The largest absolute Gasteiger partial charge is 0.464 e. The molecule has 0 N–H and O–H groups in total. The fourth-order valence-electron chi connectivity index (χ4n) is 2.27. The molecule has 0 fully saturated rings. The molecule has 0 bridgehead atoms. The second-order valence-electron chi connectivity index (χ2n) is 4.76. The first-order valence-corrected chi connectivity index (χ1v) is 7.55. The summed E-state index contributed by atoms with van der Waals surface area (Å²) in [6, 6.07) is 16.6. The lowest BCUT2D eigenvalue weighted by Gasteiger charge is -2.08. The third-order valence-corrected chi connectivity index (χ3v) is 3.90. The fraction of sp³-hybridized carbons (Fsp3) is 0.0588. The molecule has 3 aromatic rings. The van der Waals surface area contributed by atoms with Crippen LogP contribution in [-0.4, -0.2) is 22.9 Å². The van der Waals surface area contributed by atoms with Crippen LogP contribution in [0, 0.1) is 0 Å². The predicted molar refractivity (Wildman–Crippen MR) is 90.4 cm³/mol. The molecule has 4 nitrogen and oxygen atoms in total. The van der Waals surface area contributed by atoms with Crippen LogP contribution in [0.5, 0.6) is 0 Å². The van der Waals surface area contributed by atoms with Gasteiger partial charge in [0, 0.05) is 10.6 Å². The first kappa shape index (κ1) is 15.6. The number of para-hydroxylation sites is 1. The lowest BCUT2D eigenvalue weighted by molar-refractivity contribution is 0.0593. The number of benzene rings is 2. The number of rotatable bonds is 3. The van der Waals surface area contributed by atoms with Gasteiger partial charge in [-0.2, -0.15) is 5.10 Å². The van der Waals surface area contributed by atoms with Crippen molar-refractivity contribution in [3.05, 3.63) is 70.3 Å². The molecule has 0 radical (unpaired) electrons. The van der Waals surface area contributed by atoms with E-state index in [1.807, 2.05) is 42.5 Å². The summed E-state index contributed by atoms with van der Waals surface area (Å²) in [5, 5.41) is 5.12. The van der Waals surface area contributed by atoms with E-state index in [1.165, 1.54) is 7.11 Å². The Hall–Kier alpha value is -2.30. The number of carbonyl (C=O) groups excluding carboxylic acids is 1. The number of ether oxygens (including phenoxy) is 1. The van der Waals surface area contributed by atoms with Gasteiger partial charge in [-0.3, -0.25) is 0 Å². The average molecular weight is 347 g/mol. The molecule has 0 aliphatic heterocycles. The van der Waals surface area contributed by atoms with E-state index in [0.29, 0.717) is 10.7 Å². The molecule has 3 rings (SSSR count). The molecule has 0 aliphatic rings. The molecular weight excluding hydrogens is 335 g/mol. The number of hydrogen-bond donors (Lipinski definition) is 0. The second-order valence-corrected chi connectivity index (χ2v) is 5.57. The number of esters is 1. The van der Waals surface area contributed by atoms with Gasteiger partial charge >= 0.3 is 5.97 Å². The van der Waals surface area contributed by atoms with Gasteiger partial charge in [-0.05, 0) is 24.3 Å². The van der Waals surface area contributed by atoms with Gasteiger partial charge in [-0.1, -0.05) is 53.5 Å². The molecule has 6 heteroatoms. The number of nitrogens with zero attached hydrogens (tertiary/aromatic N) is 2. The summed E-state index contributed by atoms with van der Waals surface area (Å²) in [5.41, 5.74) is 2.18. The number of aromatic nitrogens is 2. The maximum absolute atomic E-state index is 11.9. The van der Waals surface area contributed by atoms with E-state index in [0.717, 1.165) is 11.3 Å². The smallest absolute Gasteiger partial charge is 0.360 e. The van der Waals surface area contributed by atoms with Crippen molar-refractivity contribution in [3.8, 4) is 16.9 Å². The van der Waals surface area contributed by atoms with Crippen LogP contribution in [0.3, 0.4) is 0 Å². The standard InChI is InChI=1S/C17H12Cl2N2O2/c1-23-17(22)15-14(19)16(11-6-5-7-12(18)10-11)21(20-15)13-8-3-2-4-9-13/h2-10H,1H3. The minimum atomic E-state index is -0.590. The van der Waals surface area contributed by atoms with Gasteiger partial charge < -0.3 is 4.74 Å². The second kappa shape index (κ2) is 6.44. The maximum atomic E-state index is 11.9. The molecular formula is C17H12Cl2N2O2. The van der Waals surface area contributed by atoms with Crippen LogP contribution in [0.4, 0.5) is 0 Å². The minimum Gasteiger partial charge on any atom is -0.464 e. The Morgan fingerprint density at radius 1 is 1.09 bits per heavy atom. The molecule has 0 spiro atoms. The summed E-state index contributed by atoms with van der Waals surface area (Å²) in [7, 11) is 1.29. The first-order valence-electron chi connectivity index (χ1n) is 6.80. The van der Waals surface area contributed by atoms with E-state index >= 15 is 0 Å². The van der Waals surface area contributed by atoms with E-state index < -0.39 is 5.97 Å². The lowest BCUT2D eigenvalue weighted by Crippen LogP contribution is -2.04. The lowest BCUT2D eigenvalue weighted by atomic mass is 10.1. The zero-order valence-corrected chi connectivity index (χ0v) is 13.7. The Morgan fingerprint density at radius 2 is 1.83 bits per heavy atom. The topological polar surface area (TPSA) is 44.1 Å². The summed E-state index contributed by atoms with van der Waals surface area (Å²) in [6.07, 6.45) is 0. The van der Waals surface area contributed by atoms with Crippen molar-refractivity contribution < 1.29 is 9.53 Å². The van der Waals surface area contributed by atoms with Gasteiger partial charge in [-0.15, -0.1) is 0 Å². The molecule has 0 unspecified atom stereocenters. The van der Waals surface area contributed by atoms with E-state index in [2.05, 4.69) is 5.10 Å². The zero-order chi connectivity index (χ0) is 16.4. The third kappa shape index (κ3) is 2.96. The summed E-state index contributed by atoms with van der Waals surface area (Å²) < 4.78 is 6.37. The zero-order valence-electron chi connectivity index (χ0n) is 12.2. The highest BCUT2D eigenvalue weighted by molar-refractivity contribution is 6.36. The van der Waals surface area contributed by atoms with Gasteiger partial charge in [0.25, 0.3) is 0 Å². The summed E-state index contributed by atoms with van der Waals surface area (Å²) in [4.78, 5) is 11.9. The van der Waals surface area contributed by atoms with E-state index in [1.54, 1.807) is 16.8 Å². The SMILES string of the molecule is COC(=O)c1nn(-c2ccccc2)c(-c2cccc(Cl)c2)c1Cl. The van der Waals surface area contributed by atoms with Crippen molar-refractivity contribution >= 4 is 29.2 Å². The van der Waals surface area contributed by atoms with E-state index in [9.17, 15) is 4.79 Å². The van der Waals surface area contributed by atoms with Crippen LogP contribution in [0.15, 0.2) is 54.6 Å². The Balaban J connectivity index is 2.28. The van der Waals surface area contributed by atoms with Crippen LogP contribution in [0.1, 0.15) is 10.5 Å². The number of carbonyl (C=O) groups is 1.